The lowest BCUT2D eigenvalue weighted by Gasteiger charge is -2.40. The van der Waals surface area contributed by atoms with Crippen molar-refractivity contribution in [1.29, 1.82) is 5.41 Å². The summed E-state index contributed by atoms with van der Waals surface area (Å²) in [6.45, 7) is 0. The molecule has 24 heavy (non-hydrogen) atoms. The van der Waals surface area contributed by atoms with Crippen molar-refractivity contribution < 1.29 is 13.2 Å². The third-order valence-corrected chi connectivity index (χ3v) is 5.02. The highest BCUT2D eigenvalue weighted by Gasteiger charge is 2.54. The van der Waals surface area contributed by atoms with Crippen molar-refractivity contribution in [2.75, 3.05) is 7.05 Å². The van der Waals surface area contributed by atoms with Crippen LogP contribution in [0.25, 0.3) is 0 Å². The largest absolute Gasteiger partial charge is 0.402 e. The Morgan fingerprint density at radius 2 is 1.92 bits per heavy atom. The van der Waals surface area contributed by atoms with Crippen molar-refractivity contribution in [3.8, 4) is 0 Å². The molecule has 2 heterocycles. The number of likely N-dealkylation sites (tertiary alicyclic amines) is 1. The van der Waals surface area contributed by atoms with Crippen molar-refractivity contribution in [3.05, 3.63) is 48.3 Å². The number of aromatic nitrogens is 2. The van der Waals surface area contributed by atoms with Gasteiger partial charge in [0, 0.05) is 18.2 Å². The van der Waals surface area contributed by atoms with Gasteiger partial charge in [-0.15, -0.1) is 0 Å². The Bertz CT molecular complexity index is 696. The van der Waals surface area contributed by atoms with E-state index in [0.29, 0.717) is 18.5 Å². The van der Waals surface area contributed by atoms with Crippen LogP contribution < -0.4 is 4.48 Å². The predicted octanol–water partition coefficient (Wildman–Crippen LogP) is 4.43. The molecule has 1 aromatic carbocycles. The van der Waals surface area contributed by atoms with Gasteiger partial charge in [0.2, 0.25) is 5.84 Å². The average molecular weight is 337 g/mol. The number of para-hydroxylation sites is 1. The number of H-pyrrole nitrogens is 1. The number of halogens is 3. The van der Waals surface area contributed by atoms with Gasteiger partial charge in [0.05, 0.1) is 13.2 Å². The molecule has 0 aliphatic carbocycles. The summed E-state index contributed by atoms with van der Waals surface area (Å²) in [5, 5.41) is 15.2. The van der Waals surface area contributed by atoms with E-state index >= 15 is 0 Å². The summed E-state index contributed by atoms with van der Waals surface area (Å²) in [5.74, 6) is -2.03. The van der Waals surface area contributed by atoms with E-state index in [1.165, 1.54) is 0 Å². The standard InChI is InChI=1S/C17H20F3N4/c1-24(13-6-3-2-4-7-13)15(12-10-22-23-11-12)9-5-8-14(16(24)21)17(18,19)20/h2-4,6-7,10-11,14-15,21H,5,8-9H2,1H3,(H,22,23)/q+1. The van der Waals surface area contributed by atoms with Crippen molar-refractivity contribution >= 4 is 11.5 Å². The van der Waals surface area contributed by atoms with Gasteiger partial charge in [-0.2, -0.15) is 18.3 Å². The summed E-state index contributed by atoms with van der Waals surface area (Å²) < 4.78 is 40.4. The second kappa shape index (κ2) is 6.05. The van der Waals surface area contributed by atoms with E-state index in [1.807, 2.05) is 6.07 Å². The predicted molar refractivity (Wildman–Crippen MR) is 86.6 cm³/mol. The van der Waals surface area contributed by atoms with E-state index in [4.69, 9.17) is 5.41 Å². The molecule has 1 aliphatic rings. The minimum absolute atomic E-state index is 0.0443. The molecule has 2 aromatic rings. The Morgan fingerprint density at radius 1 is 1.21 bits per heavy atom. The first kappa shape index (κ1) is 16.7. The van der Waals surface area contributed by atoms with Crippen LogP contribution in [0, 0.1) is 11.3 Å². The number of rotatable bonds is 2. The zero-order valence-corrected chi connectivity index (χ0v) is 13.3. The number of hydrogen-bond donors (Lipinski definition) is 2. The molecule has 1 aromatic heterocycles. The first-order valence-electron chi connectivity index (χ1n) is 7.91. The molecule has 1 saturated heterocycles. The van der Waals surface area contributed by atoms with Gasteiger partial charge in [-0.3, -0.25) is 10.5 Å². The van der Waals surface area contributed by atoms with Crippen LogP contribution in [-0.4, -0.2) is 29.3 Å². The zero-order chi connectivity index (χ0) is 17.4. The molecule has 2 N–H and O–H groups in total. The number of alkyl halides is 3. The minimum atomic E-state index is -4.41. The van der Waals surface area contributed by atoms with E-state index < -0.39 is 12.1 Å². The molecule has 1 aliphatic heterocycles. The zero-order valence-electron chi connectivity index (χ0n) is 13.3. The van der Waals surface area contributed by atoms with Gasteiger partial charge < -0.3 is 0 Å². The maximum atomic E-state index is 13.5. The Balaban J connectivity index is 2.15. The number of quaternary nitrogens is 1. The lowest BCUT2D eigenvalue weighted by Crippen LogP contribution is -2.56. The molecule has 4 nitrogen and oxygen atoms in total. The van der Waals surface area contributed by atoms with Crippen LogP contribution in [0.4, 0.5) is 18.9 Å². The number of nitrogens with one attached hydrogen (secondary N) is 2. The summed E-state index contributed by atoms with van der Waals surface area (Å²) in [6.07, 6.45) is -0.104. The lowest BCUT2D eigenvalue weighted by molar-refractivity contribution is -0.158. The van der Waals surface area contributed by atoms with Crippen LogP contribution >= 0.6 is 0 Å². The fourth-order valence-electron chi connectivity index (χ4n) is 3.69. The first-order chi connectivity index (χ1) is 11.3. The van der Waals surface area contributed by atoms with Crippen LogP contribution in [0.5, 0.6) is 0 Å². The fraction of sp³-hybridized carbons (Fsp3) is 0.412. The SMILES string of the molecule is C[N+]1(c2ccccc2)C(=N)C(C(F)(F)F)CCCC1c1cn[nH]c1. The number of aromatic amines is 1. The summed E-state index contributed by atoms with van der Waals surface area (Å²) in [6, 6.07) is 8.73. The summed E-state index contributed by atoms with van der Waals surface area (Å²) in [7, 11) is 1.71. The molecular formula is C17H20F3N4+. The molecule has 128 valence electrons. The second-order valence-corrected chi connectivity index (χ2v) is 6.37. The van der Waals surface area contributed by atoms with Crippen LogP contribution in [0.2, 0.25) is 0 Å². The van der Waals surface area contributed by atoms with Crippen molar-refractivity contribution in [3.63, 3.8) is 0 Å². The van der Waals surface area contributed by atoms with Gasteiger partial charge in [0.1, 0.15) is 17.6 Å². The van der Waals surface area contributed by atoms with E-state index in [9.17, 15) is 13.2 Å². The summed E-state index contributed by atoms with van der Waals surface area (Å²) in [5.41, 5.74) is 1.51. The fourth-order valence-corrected chi connectivity index (χ4v) is 3.69. The molecule has 3 atom stereocenters. The molecular weight excluding hydrogens is 317 g/mol. The van der Waals surface area contributed by atoms with E-state index in [2.05, 4.69) is 10.2 Å². The first-order valence-corrected chi connectivity index (χ1v) is 7.91. The Kier molecular flexibility index (Phi) is 4.21. The molecule has 1 fully saturated rings. The third kappa shape index (κ3) is 2.73. The molecule has 7 heteroatoms. The molecule has 3 unspecified atom stereocenters. The quantitative estimate of drug-likeness (QED) is 0.783. The van der Waals surface area contributed by atoms with Gasteiger partial charge >= 0.3 is 6.18 Å². The van der Waals surface area contributed by atoms with Gasteiger partial charge in [-0.05, 0) is 25.0 Å². The molecule has 0 saturated carbocycles. The van der Waals surface area contributed by atoms with Crippen LogP contribution in [-0.2, 0) is 0 Å². The van der Waals surface area contributed by atoms with Gasteiger partial charge in [0.15, 0.2) is 0 Å². The van der Waals surface area contributed by atoms with Crippen molar-refractivity contribution in [2.45, 2.75) is 31.5 Å². The van der Waals surface area contributed by atoms with Gasteiger partial charge in [-0.25, -0.2) is 4.48 Å². The summed E-state index contributed by atoms with van der Waals surface area (Å²) >= 11 is 0. The molecule has 0 spiro atoms. The second-order valence-electron chi connectivity index (χ2n) is 6.37. The Hall–Kier alpha value is -2.15. The highest BCUT2D eigenvalue weighted by Crippen LogP contribution is 2.45. The lowest BCUT2D eigenvalue weighted by atomic mass is 10.0. The van der Waals surface area contributed by atoms with Crippen molar-refractivity contribution in [2.24, 2.45) is 5.92 Å². The minimum Gasteiger partial charge on any atom is -0.285 e. The van der Waals surface area contributed by atoms with Gasteiger partial charge in [-0.1, -0.05) is 18.2 Å². The molecule has 0 amide bonds. The molecule has 3 rings (SSSR count). The van der Waals surface area contributed by atoms with E-state index in [1.54, 1.807) is 43.7 Å². The van der Waals surface area contributed by atoms with Crippen LogP contribution in [0.1, 0.15) is 30.9 Å². The smallest absolute Gasteiger partial charge is 0.285 e. The third-order valence-electron chi connectivity index (χ3n) is 5.02. The molecule has 0 radical (unpaired) electrons. The number of hydrogen-bond acceptors (Lipinski definition) is 2. The molecule has 0 bridgehead atoms. The highest BCUT2D eigenvalue weighted by molar-refractivity contribution is 5.93. The van der Waals surface area contributed by atoms with Crippen molar-refractivity contribution in [1.82, 2.24) is 14.7 Å². The average Bonchev–Trinajstić information content (AvgIpc) is 3.03. The van der Waals surface area contributed by atoms with E-state index in [-0.39, 0.29) is 22.8 Å². The maximum absolute atomic E-state index is 13.5. The topological polar surface area (TPSA) is 52.5 Å². The highest BCUT2D eigenvalue weighted by atomic mass is 19.4. The number of benzene rings is 1. The van der Waals surface area contributed by atoms with E-state index in [0.717, 1.165) is 5.56 Å². The summed E-state index contributed by atoms with van der Waals surface area (Å²) in [4.78, 5) is 0. The Morgan fingerprint density at radius 3 is 2.50 bits per heavy atom. The van der Waals surface area contributed by atoms with Gasteiger partial charge in [0.25, 0.3) is 0 Å². The Labute approximate surface area is 138 Å². The van der Waals surface area contributed by atoms with Crippen LogP contribution in [0.3, 0.4) is 0 Å². The normalized spacial score (nSPS) is 28.6. The number of amidine groups is 1. The van der Waals surface area contributed by atoms with Crippen LogP contribution in [0.15, 0.2) is 42.7 Å². The maximum Gasteiger partial charge on any atom is 0.402 e. The number of nitrogens with zero attached hydrogens (tertiary/aromatic N) is 2. The monoisotopic (exact) mass is 337 g/mol.